The molecule has 0 aliphatic carbocycles. The van der Waals surface area contributed by atoms with Crippen molar-refractivity contribution in [3.63, 3.8) is 0 Å². The highest BCUT2D eigenvalue weighted by atomic mass is 32.2. The van der Waals surface area contributed by atoms with Gasteiger partial charge in [-0.2, -0.15) is 0 Å². The van der Waals surface area contributed by atoms with Crippen molar-refractivity contribution in [2.24, 2.45) is 5.14 Å². The van der Waals surface area contributed by atoms with Crippen molar-refractivity contribution >= 4 is 33.0 Å². The minimum Gasteiger partial charge on any atom is -0.476 e. The standard InChI is InChI=1S/C12H13N3O4S2/c1-7(11-15-9(6-20-11)12(16)17)14-8-4-2-3-5-10(8)21(13,18)19/h2-7,14H,1H3,(H,16,17)(H2,13,18,19). The normalized spacial score (nSPS) is 12.9. The third-order valence-electron chi connectivity index (χ3n) is 2.68. The van der Waals surface area contributed by atoms with Crippen LogP contribution >= 0.6 is 11.3 Å². The molecule has 7 nitrogen and oxygen atoms in total. The molecule has 21 heavy (non-hydrogen) atoms. The van der Waals surface area contributed by atoms with Crippen LogP contribution in [0.1, 0.15) is 28.5 Å². The summed E-state index contributed by atoms with van der Waals surface area (Å²) in [5.41, 5.74) is 0.308. The second-order valence-corrected chi connectivity index (χ2v) is 6.70. The molecule has 112 valence electrons. The average Bonchev–Trinajstić information content (AvgIpc) is 2.88. The largest absolute Gasteiger partial charge is 0.476 e. The van der Waals surface area contributed by atoms with Crippen molar-refractivity contribution in [1.29, 1.82) is 0 Å². The number of nitrogens with one attached hydrogen (secondary N) is 1. The maximum atomic E-state index is 11.5. The zero-order chi connectivity index (χ0) is 15.6. The van der Waals surface area contributed by atoms with Crippen LogP contribution in [0.4, 0.5) is 5.69 Å². The first-order valence-electron chi connectivity index (χ1n) is 5.86. The number of benzene rings is 1. The highest BCUT2D eigenvalue weighted by molar-refractivity contribution is 7.89. The Morgan fingerprint density at radius 2 is 2.10 bits per heavy atom. The number of anilines is 1. The molecule has 1 aromatic heterocycles. The number of nitrogens with zero attached hydrogens (tertiary/aromatic N) is 1. The number of primary sulfonamides is 1. The van der Waals surface area contributed by atoms with E-state index in [4.69, 9.17) is 10.2 Å². The number of carbonyl (C=O) groups is 1. The molecule has 1 aromatic carbocycles. The van der Waals surface area contributed by atoms with Gasteiger partial charge in [-0.05, 0) is 19.1 Å². The predicted octanol–water partition coefficient (Wildman–Crippen LogP) is 1.66. The van der Waals surface area contributed by atoms with E-state index >= 15 is 0 Å². The summed E-state index contributed by atoms with van der Waals surface area (Å²) in [4.78, 5) is 14.8. The Hall–Kier alpha value is -1.97. The van der Waals surface area contributed by atoms with Gasteiger partial charge in [0.05, 0.1) is 11.7 Å². The summed E-state index contributed by atoms with van der Waals surface area (Å²) >= 11 is 1.18. The molecule has 0 bridgehead atoms. The van der Waals surface area contributed by atoms with Gasteiger partial charge in [0.2, 0.25) is 10.0 Å². The van der Waals surface area contributed by atoms with E-state index in [1.54, 1.807) is 25.1 Å². The Labute approximate surface area is 125 Å². The van der Waals surface area contributed by atoms with Crippen LogP contribution in [0.15, 0.2) is 34.5 Å². The van der Waals surface area contributed by atoms with E-state index in [1.807, 2.05) is 0 Å². The summed E-state index contributed by atoms with van der Waals surface area (Å²) in [7, 11) is -3.84. The number of rotatable bonds is 5. The van der Waals surface area contributed by atoms with Crippen LogP contribution in [0.5, 0.6) is 0 Å². The zero-order valence-corrected chi connectivity index (χ0v) is 12.6. The first kappa shape index (κ1) is 15.4. The van der Waals surface area contributed by atoms with Gasteiger partial charge in [-0.1, -0.05) is 12.1 Å². The van der Waals surface area contributed by atoms with Crippen molar-refractivity contribution in [3.05, 3.63) is 40.3 Å². The van der Waals surface area contributed by atoms with E-state index in [9.17, 15) is 13.2 Å². The average molecular weight is 327 g/mol. The molecule has 2 aromatic rings. The number of nitrogens with two attached hydrogens (primary N) is 1. The van der Waals surface area contributed by atoms with E-state index in [0.717, 1.165) is 0 Å². The molecular weight excluding hydrogens is 314 g/mol. The molecule has 9 heteroatoms. The quantitative estimate of drug-likeness (QED) is 0.767. The molecule has 0 aliphatic heterocycles. The van der Waals surface area contributed by atoms with Crippen molar-refractivity contribution in [2.45, 2.75) is 17.9 Å². The van der Waals surface area contributed by atoms with Gasteiger partial charge in [0.25, 0.3) is 0 Å². The second-order valence-electron chi connectivity index (χ2n) is 4.28. The Morgan fingerprint density at radius 3 is 2.67 bits per heavy atom. The van der Waals surface area contributed by atoms with Gasteiger partial charge in [-0.15, -0.1) is 11.3 Å². The first-order valence-corrected chi connectivity index (χ1v) is 8.28. The minimum absolute atomic E-state index is 0.0214. The van der Waals surface area contributed by atoms with E-state index in [0.29, 0.717) is 10.7 Å². The number of sulfonamides is 1. The van der Waals surface area contributed by atoms with Gasteiger partial charge in [-0.3, -0.25) is 0 Å². The number of thiazole rings is 1. The highest BCUT2D eigenvalue weighted by Crippen LogP contribution is 2.26. The molecule has 1 heterocycles. The lowest BCUT2D eigenvalue weighted by Crippen LogP contribution is -2.16. The number of carboxylic acid groups (broad SMARTS) is 1. The molecule has 0 spiro atoms. The lowest BCUT2D eigenvalue weighted by molar-refractivity contribution is 0.0691. The number of aromatic nitrogens is 1. The number of aromatic carboxylic acids is 1. The van der Waals surface area contributed by atoms with Crippen LogP contribution in [0.25, 0.3) is 0 Å². The van der Waals surface area contributed by atoms with E-state index < -0.39 is 16.0 Å². The maximum Gasteiger partial charge on any atom is 0.355 e. The van der Waals surface area contributed by atoms with Crippen molar-refractivity contribution < 1.29 is 18.3 Å². The van der Waals surface area contributed by atoms with Gasteiger partial charge in [0.15, 0.2) is 5.69 Å². The summed E-state index contributed by atoms with van der Waals surface area (Å²) in [6, 6.07) is 5.87. The van der Waals surface area contributed by atoms with Crippen LogP contribution in [0, 0.1) is 0 Å². The molecule has 0 saturated carbocycles. The molecule has 0 saturated heterocycles. The van der Waals surface area contributed by atoms with Gasteiger partial charge in [-0.25, -0.2) is 23.3 Å². The van der Waals surface area contributed by atoms with Crippen LogP contribution < -0.4 is 10.5 Å². The van der Waals surface area contributed by atoms with Gasteiger partial charge < -0.3 is 10.4 Å². The molecule has 2 rings (SSSR count). The molecule has 1 atom stereocenters. The summed E-state index contributed by atoms with van der Waals surface area (Å²) in [6.45, 7) is 1.75. The third kappa shape index (κ3) is 3.57. The van der Waals surface area contributed by atoms with Crippen molar-refractivity contribution in [3.8, 4) is 0 Å². The fourth-order valence-electron chi connectivity index (χ4n) is 1.71. The van der Waals surface area contributed by atoms with Crippen LogP contribution in [-0.4, -0.2) is 24.5 Å². The summed E-state index contributed by atoms with van der Waals surface area (Å²) in [5, 5.41) is 19.0. The predicted molar refractivity (Wildman–Crippen MR) is 78.9 cm³/mol. The van der Waals surface area contributed by atoms with E-state index in [2.05, 4.69) is 10.3 Å². The smallest absolute Gasteiger partial charge is 0.355 e. The number of hydrogen-bond acceptors (Lipinski definition) is 6. The number of carboxylic acids is 1. The van der Waals surface area contributed by atoms with Crippen LogP contribution in [-0.2, 0) is 10.0 Å². The first-order chi connectivity index (χ1) is 9.79. The summed E-state index contributed by atoms with van der Waals surface area (Å²) < 4.78 is 23.0. The molecule has 0 amide bonds. The fourth-order valence-corrected chi connectivity index (χ4v) is 3.22. The molecule has 0 aliphatic rings. The van der Waals surface area contributed by atoms with Crippen LogP contribution in [0.2, 0.25) is 0 Å². The maximum absolute atomic E-state index is 11.5. The van der Waals surface area contributed by atoms with Gasteiger partial charge in [0, 0.05) is 5.38 Å². The zero-order valence-electron chi connectivity index (χ0n) is 11.0. The number of hydrogen-bond donors (Lipinski definition) is 3. The van der Waals surface area contributed by atoms with E-state index in [-0.39, 0.29) is 16.6 Å². The fraction of sp³-hybridized carbons (Fsp3) is 0.167. The van der Waals surface area contributed by atoms with E-state index in [1.165, 1.54) is 22.8 Å². The SMILES string of the molecule is CC(Nc1ccccc1S(N)(=O)=O)c1nc(C(=O)O)cs1. The van der Waals surface area contributed by atoms with Crippen molar-refractivity contribution in [2.75, 3.05) is 5.32 Å². The molecule has 1 unspecified atom stereocenters. The van der Waals surface area contributed by atoms with Gasteiger partial charge in [0.1, 0.15) is 9.90 Å². The molecular formula is C12H13N3O4S2. The Bertz CT molecular complexity index is 770. The highest BCUT2D eigenvalue weighted by Gasteiger charge is 2.18. The lowest BCUT2D eigenvalue weighted by Gasteiger charge is -2.15. The molecule has 0 radical (unpaired) electrons. The minimum atomic E-state index is -3.84. The Balaban J connectivity index is 2.27. The summed E-state index contributed by atoms with van der Waals surface area (Å²) in [5.74, 6) is -1.10. The summed E-state index contributed by atoms with van der Waals surface area (Å²) in [6.07, 6.45) is 0. The van der Waals surface area contributed by atoms with Crippen molar-refractivity contribution in [1.82, 2.24) is 4.98 Å². The Kier molecular flexibility index (Phi) is 4.26. The monoisotopic (exact) mass is 327 g/mol. The molecule has 4 N–H and O–H groups in total. The van der Waals surface area contributed by atoms with Crippen LogP contribution in [0.3, 0.4) is 0 Å². The Morgan fingerprint density at radius 1 is 1.43 bits per heavy atom. The molecule has 0 fully saturated rings. The lowest BCUT2D eigenvalue weighted by atomic mass is 10.2. The third-order valence-corrected chi connectivity index (χ3v) is 4.67. The van der Waals surface area contributed by atoms with Gasteiger partial charge >= 0.3 is 5.97 Å². The number of para-hydroxylation sites is 1. The topological polar surface area (TPSA) is 122 Å². The second kappa shape index (κ2) is 5.80.